The summed E-state index contributed by atoms with van der Waals surface area (Å²) in [6.45, 7) is 5.16. The van der Waals surface area contributed by atoms with Crippen LogP contribution in [0.2, 0.25) is 0 Å². The van der Waals surface area contributed by atoms with Crippen LogP contribution in [0.15, 0.2) is 12.1 Å². The van der Waals surface area contributed by atoms with Gasteiger partial charge in [0.05, 0.1) is 23.1 Å². The van der Waals surface area contributed by atoms with E-state index in [-0.39, 0.29) is 24.1 Å². The van der Waals surface area contributed by atoms with Crippen molar-refractivity contribution in [3.05, 3.63) is 33.4 Å². The van der Waals surface area contributed by atoms with Gasteiger partial charge in [0.15, 0.2) is 0 Å². The number of nitrogens with one attached hydrogen (secondary N) is 2. The molecule has 0 spiro atoms. The van der Waals surface area contributed by atoms with Crippen LogP contribution in [-0.2, 0) is 4.79 Å². The molecule has 1 saturated carbocycles. The Hall–Kier alpha value is -2.62. The predicted octanol–water partition coefficient (Wildman–Crippen LogP) is 2.43. The summed E-state index contributed by atoms with van der Waals surface area (Å²) in [5.41, 5.74) is 1.07. The predicted molar refractivity (Wildman–Crippen MR) is 85.9 cm³/mol. The second-order valence-electron chi connectivity index (χ2n) is 6.15. The summed E-state index contributed by atoms with van der Waals surface area (Å²) in [5.74, 6) is -0.0935. The average molecular weight is 316 g/mol. The lowest BCUT2D eigenvalue weighted by molar-refractivity contribution is -0.385. The molecule has 1 aliphatic carbocycles. The number of anilines is 1. The minimum Gasteiger partial charge on any atom is -0.376 e. The fourth-order valence-corrected chi connectivity index (χ4v) is 2.69. The molecule has 2 rings (SSSR count). The van der Waals surface area contributed by atoms with Crippen LogP contribution in [0.25, 0.3) is 0 Å². The number of benzene rings is 1. The fourth-order valence-electron chi connectivity index (χ4n) is 2.69. The summed E-state index contributed by atoms with van der Waals surface area (Å²) in [6.07, 6.45) is 1.89. The van der Waals surface area contributed by atoms with Crippen molar-refractivity contribution in [1.82, 2.24) is 5.32 Å². The molecule has 7 heteroatoms. The second kappa shape index (κ2) is 6.24. The zero-order valence-corrected chi connectivity index (χ0v) is 13.5. The third-order valence-corrected chi connectivity index (χ3v) is 4.29. The molecule has 0 saturated heterocycles. The number of amides is 1. The van der Waals surface area contributed by atoms with E-state index in [2.05, 4.69) is 16.7 Å². The van der Waals surface area contributed by atoms with Gasteiger partial charge in [0.2, 0.25) is 5.91 Å². The quantitative estimate of drug-likeness (QED) is 0.619. The van der Waals surface area contributed by atoms with Gasteiger partial charge in [-0.1, -0.05) is 6.07 Å². The molecular formula is C16H20N4O3. The van der Waals surface area contributed by atoms with E-state index in [9.17, 15) is 20.2 Å². The zero-order valence-electron chi connectivity index (χ0n) is 13.5. The molecule has 1 amide bonds. The standard InChI is InChI=1S/C16H20N4O3/c1-10-4-7-13(20(22)23)11(2)15(10)18-8-14(21)19-16(3,9-17)12-5-6-12/h4,7,12,18H,5-6,8H2,1-3H3,(H,19,21)/t16-/m1/s1. The highest BCUT2D eigenvalue weighted by Crippen LogP contribution is 2.39. The van der Waals surface area contributed by atoms with E-state index in [4.69, 9.17) is 0 Å². The Kier molecular flexibility index (Phi) is 4.55. The van der Waals surface area contributed by atoms with Crippen LogP contribution >= 0.6 is 0 Å². The van der Waals surface area contributed by atoms with E-state index in [0.717, 1.165) is 18.4 Å². The summed E-state index contributed by atoms with van der Waals surface area (Å²) < 4.78 is 0. The van der Waals surface area contributed by atoms with Crippen molar-refractivity contribution in [2.75, 3.05) is 11.9 Å². The van der Waals surface area contributed by atoms with Crippen LogP contribution in [0.3, 0.4) is 0 Å². The zero-order chi connectivity index (χ0) is 17.2. The SMILES string of the molecule is Cc1ccc([N+](=O)[O-])c(C)c1NCC(=O)N[C@](C)(C#N)C1CC1. The number of nitrogens with zero attached hydrogens (tertiary/aromatic N) is 2. The van der Waals surface area contributed by atoms with Gasteiger partial charge < -0.3 is 10.6 Å². The lowest BCUT2D eigenvalue weighted by Crippen LogP contribution is -2.48. The Morgan fingerprint density at radius 1 is 1.48 bits per heavy atom. The van der Waals surface area contributed by atoms with Crippen molar-refractivity contribution in [3.63, 3.8) is 0 Å². The van der Waals surface area contributed by atoms with E-state index in [1.54, 1.807) is 19.9 Å². The summed E-state index contributed by atoms with van der Waals surface area (Å²) >= 11 is 0. The lowest BCUT2D eigenvalue weighted by atomic mass is 9.98. The largest absolute Gasteiger partial charge is 0.376 e. The highest BCUT2D eigenvalue weighted by atomic mass is 16.6. The third kappa shape index (κ3) is 3.59. The molecule has 1 aliphatic rings. The van der Waals surface area contributed by atoms with Crippen molar-refractivity contribution >= 4 is 17.3 Å². The van der Waals surface area contributed by atoms with Gasteiger partial charge in [-0.15, -0.1) is 0 Å². The van der Waals surface area contributed by atoms with Gasteiger partial charge in [0.1, 0.15) is 5.54 Å². The van der Waals surface area contributed by atoms with Crippen LogP contribution in [0.4, 0.5) is 11.4 Å². The number of carbonyl (C=O) groups excluding carboxylic acids is 1. The van der Waals surface area contributed by atoms with Crippen molar-refractivity contribution < 1.29 is 9.72 Å². The molecule has 0 unspecified atom stereocenters. The molecule has 0 radical (unpaired) electrons. The van der Waals surface area contributed by atoms with Crippen LogP contribution < -0.4 is 10.6 Å². The van der Waals surface area contributed by atoms with Crippen LogP contribution in [-0.4, -0.2) is 22.9 Å². The smallest absolute Gasteiger partial charge is 0.274 e. The molecular weight excluding hydrogens is 296 g/mol. The van der Waals surface area contributed by atoms with Gasteiger partial charge in [0.25, 0.3) is 5.69 Å². The van der Waals surface area contributed by atoms with Crippen molar-refractivity contribution in [2.45, 2.75) is 39.2 Å². The fraction of sp³-hybridized carbons (Fsp3) is 0.500. The van der Waals surface area contributed by atoms with Crippen molar-refractivity contribution in [2.24, 2.45) is 5.92 Å². The summed E-state index contributed by atoms with van der Waals surface area (Å²) in [7, 11) is 0. The second-order valence-corrected chi connectivity index (χ2v) is 6.15. The molecule has 0 bridgehead atoms. The molecule has 2 N–H and O–H groups in total. The number of aryl methyl sites for hydroxylation is 1. The van der Waals surface area contributed by atoms with E-state index < -0.39 is 10.5 Å². The number of rotatable bonds is 6. The number of hydrogen-bond donors (Lipinski definition) is 2. The first-order chi connectivity index (χ1) is 10.8. The van der Waals surface area contributed by atoms with Crippen LogP contribution in [0.1, 0.15) is 30.9 Å². The maximum absolute atomic E-state index is 12.1. The number of nitriles is 1. The maximum atomic E-state index is 12.1. The van der Waals surface area contributed by atoms with Crippen molar-refractivity contribution in [3.8, 4) is 6.07 Å². The summed E-state index contributed by atoms with van der Waals surface area (Å²) in [5, 5.41) is 26.0. The molecule has 23 heavy (non-hydrogen) atoms. The van der Waals surface area contributed by atoms with Gasteiger partial charge in [0, 0.05) is 11.8 Å². The molecule has 1 aromatic rings. The van der Waals surface area contributed by atoms with E-state index >= 15 is 0 Å². The Bertz CT molecular complexity index is 691. The molecule has 0 heterocycles. The van der Waals surface area contributed by atoms with E-state index in [1.807, 2.05) is 6.92 Å². The van der Waals surface area contributed by atoms with Crippen molar-refractivity contribution in [1.29, 1.82) is 5.26 Å². The Morgan fingerprint density at radius 3 is 2.65 bits per heavy atom. The topological polar surface area (TPSA) is 108 Å². The molecule has 7 nitrogen and oxygen atoms in total. The van der Waals surface area contributed by atoms with Crippen LogP contribution in [0.5, 0.6) is 0 Å². The Labute approximate surface area is 134 Å². The van der Waals surface area contributed by atoms with Gasteiger partial charge >= 0.3 is 0 Å². The molecule has 1 aromatic carbocycles. The maximum Gasteiger partial charge on any atom is 0.274 e. The first-order valence-electron chi connectivity index (χ1n) is 7.49. The summed E-state index contributed by atoms with van der Waals surface area (Å²) in [6, 6.07) is 5.27. The highest BCUT2D eigenvalue weighted by Gasteiger charge is 2.42. The Morgan fingerprint density at radius 2 is 2.13 bits per heavy atom. The molecule has 1 atom stereocenters. The normalized spacial score (nSPS) is 16.1. The highest BCUT2D eigenvalue weighted by molar-refractivity contribution is 5.83. The number of nitro benzene ring substituents is 1. The first-order valence-corrected chi connectivity index (χ1v) is 7.49. The number of nitro groups is 1. The Balaban J connectivity index is 2.06. The van der Waals surface area contributed by atoms with Crippen LogP contribution in [0, 0.1) is 41.2 Å². The average Bonchev–Trinajstić information content (AvgIpc) is 3.31. The molecule has 0 aromatic heterocycles. The van der Waals surface area contributed by atoms with Gasteiger partial charge in [-0.25, -0.2) is 0 Å². The number of carbonyl (C=O) groups is 1. The van der Waals surface area contributed by atoms with Gasteiger partial charge in [-0.3, -0.25) is 14.9 Å². The van der Waals surface area contributed by atoms with E-state index in [0.29, 0.717) is 11.3 Å². The van der Waals surface area contributed by atoms with Gasteiger partial charge in [-0.2, -0.15) is 5.26 Å². The minimum absolute atomic E-state index is 0.0124. The first kappa shape index (κ1) is 16.7. The summed E-state index contributed by atoms with van der Waals surface area (Å²) in [4.78, 5) is 22.7. The van der Waals surface area contributed by atoms with E-state index in [1.165, 1.54) is 6.07 Å². The molecule has 1 fully saturated rings. The molecule has 122 valence electrons. The molecule has 0 aliphatic heterocycles. The third-order valence-electron chi connectivity index (χ3n) is 4.29. The van der Waals surface area contributed by atoms with Gasteiger partial charge in [-0.05, 0) is 45.1 Å². The lowest BCUT2D eigenvalue weighted by Gasteiger charge is -2.23. The number of hydrogen-bond acceptors (Lipinski definition) is 5. The minimum atomic E-state index is -0.842. The monoisotopic (exact) mass is 316 g/mol.